The van der Waals surface area contributed by atoms with Crippen LogP contribution < -0.4 is 5.32 Å². The number of fused-ring (bicyclic) bond motifs is 1. The second-order valence-electron chi connectivity index (χ2n) is 5.19. The molecule has 1 aliphatic heterocycles. The Balaban J connectivity index is 2.00. The fraction of sp³-hybridized carbons (Fsp3) is 0. The average Bonchev–Trinajstić information content (AvgIpc) is 2.92. The number of amidine groups is 1. The highest BCUT2D eigenvalue weighted by molar-refractivity contribution is 8.19. The summed E-state index contributed by atoms with van der Waals surface area (Å²) >= 11 is 0.952. The number of nitrogens with zero attached hydrogens (tertiary/aromatic N) is 1. The maximum Gasteiger partial charge on any atom is 0.285 e. The lowest BCUT2D eigenvalue weighted by atomic mass is 10.1. The molecule has 1 fully saturated rings. The zero-order valence-electron chi connectivity index (χ0n) is 13.1. The summed E-state index contributed by atoms with van der Waals surface area (Å²) in [7, 11) is -3.97. The number of hydrogen-bond acceptors (Lipinski definition) is 4. The summed E-state index contributed by atoms with van der Waals surface area (Å²) in [5.74, 6) is -0.417. The van der Waals surface area contributed by atoms with Gasteiger partial charge in [-0.1, -0.05) is 55.6 Å². The Morgan fingerprint density at radius 2 is 1.88 bits per heavy atom. The molecule has 1 N–H and O–H groups in total. The van der Waals surface area contributed by atoms with Gasteiger partial charge in [0.25, 0.3) is 15.9 Å². The number of amides is 1. The van der Waals surface area contributed by atoms with Gasteiger partial charge in [0.2, 0.25) is 0 Å². The molecule has 0 unspecified atom stereocenters. The van der Waals surface area contributed by atoms with Gasteiger partial charge in [-0.2, -0.15) is 8.42 Å². The first-order valence-corrected chi connectivity index (χ1v) is 9.51. The maximum absolute atomic E-state index is 12.7. The van der Waals surface area contributed by atoms with Crippen molar-refractivity contribution in [2.75, 3.05) is 0 Å². The third-order valence-corrected chi connectivity index (χ3v) is 5.82. The molecule has 1 amide bonds. The molecule has 0 saturated carbocycles. The van der Waals surface area contributed by atoms with Gasteiger partial charge in [-0.3, -0.25) is 10.1 Å². The van der Waals surface area contributed by atoms with E-state index in [1.165, 1.54) is 18.2 Å². The van der Waals surface area contributed by atoms with Crippen LogP contribution in [-0.4, -0.2) is 19.5 Å². The predicted molar refractivity (Wildman–Crippen MR) is 102 cm³/mol. The second kappa shape index (κ2) is 6.70. The number of sulfonamides is 1. The number of benzene rings is 2. The third-order valence-electron chi connectivity index (χ3n) is 3.46. The Morgan fingerprint density at radius 1 is 1.16 bits per heavy atom. The van der Waals surface area contributed by atoms with E-state index in [2.05, 4.69) is 22.9 Å². The fourth-order valence-electron chi connectivity index (χ4n) is 2.28. The molecule has 3 rings (SSSR count). The molecule has 0 aromatic heterocycles. The van der Waals surface area contributed by atoms with E-state index < -0.39 is 15.9 Å². The molecule has 0 radical (unpaired) electrons. The molecule has 7 heteroatoms. The quantitative estimate of drug-likeness (QED) is 0.661. The summed E-state index contributed by atoms with van der Waals surface area (Å²) in [6.45, 7) is 7.27. The van der Waals surface area contributed by atoms with Gasteiger partial charge in [-0.15, -0.1) is 4.40 Å². The van der Waals surface area contributed by atoms with Gasteiger partial charge < -0.3 is 0 Å². The summed E-state index contributed by atoms with van der Waals surface area (Å²) in [6, 6.07) is 12.1. The summed E-state index contributed by atoms with van der Waals surface area (Å²) in [6.07, 6.45) is 3.03. The van der Waals surface area contributed by atoms with Crippen molar-refractivity contribution < 1.29 is 13.2 Å². The fourth-order valence-corrected chi connectivity index (χ4v) is 4.50. The zero-order chi connectivity index (χ0) is 18.0. The molecular formula is C18H14N2O3S2. The summed E-state index contributed by atoms with van der Waals surface area (Å²) in [4.78, 5) is 12.3. The molecule has 0 aliphatic carbocycles. The molecule has 2 aromatic carbocycles. The predicted octanol–water partition coefficient (Wildman–Crippen LogP) is 3.37. The Morgan fingerprint density at radius 3 is 2.64 bits per heavy atom. The number of allylic oxidation sites excluding steroid dienone is 3. The van der Waals surface area contributed by atoms with Gasteiger partial charge in [-0.05, 0) is 34.9 Å². The SMILES string of the molecule is C=CC(=C)C=C1SC(=NS(=O)(=O)c2cccc3ccccc23)NC1=O. The van der Waals surface area contributed by atoms with Crippen LogP contribution in [0.5, 0.6) is 0 Å². The topological polar surface area (TPSA) is 75.6 Å². The molecule has 126 valence electrons. The van der Waals surface area contributed by atoms with Crippen molar-refractivity contribution in [3.8, 4) is 0 Å². The van der Waals surface area contributed by atoms with Crippen LogP contribution in [0.1, 0.15) is 0 Å². The number of carbonyl (C=O) groups excluding carboxylic acids is 1. The average molecular weight is 370 g/mol. The Hall–Kier alpha value is -2.64. The normalized spacial score (nSPS) is 17.8. The maximum atomic E-state index is 12.7. The van der Waals surface area contributed by atoms with E-state index >= 15 is 0 Å². The van der Waals surface area contributed by atoms with E-state index in [1.54, 1.807) is 18.2 Å². The smallest absolute Gasteiger partial charge is 0.285 e. The van der Waals surface area contributed by atoms with E-state index in [0.29, 0.717) is 15.9 Å². The largest absolute Gasteiger partial charge is 0.300 e. The van der Waals surface area contributed by atoms with Crippen LogP contribution in [0.3, 0.4) is 0 Å². The summed E-state index contributed by atoms with van der Waals surface area (Å²) in [5, 5.41) is 3.86. The number of nitrogens with one attached hydrogen (secondary N) is 1. The van der Waals surface area contributed by atoms with Crippen LogP contribution in [0.2, 0.25) is 0 Å². The summed E-state index contributed by atoms with van der Waals surface area (Å²) < 4.78 is 29.2. The molecule has 1 aliphatic rings. The van der Waals surface area contributed by atoms with Crippen LogP contribution in [0.15, 0.2) is 87.5 Å². The minimum Gasteiger partial charge on any atom is -0.300 e. The van der Waals surface area contributed by atoms with Crippen molar-refractivity contribution in [2.45, 2.75) is 4.90 Å². The van der Waals surface area contributed by atoms with Crippen LogP contribution >= 0.6 is 11.8 Å². The van der Waals surface area contributed by atoms with Crippen LogP contribution in [0.25, 0.3) is 10.8 Å². The van der Waals surface area contributed by atoms with Crippen molar-refractivity contribution in [3.05, 3.63) is 78.3 Å². The van der Waals surface area contributed by atoms with E-state index in [9.17, 15) is 13.2 Å². The highest BCUT2D eigenvalue weighted by Gasteiger charge is 2.27. The number of rotatable bonds is 4. The molecule has 5 nitrogen and oxygen atoms in total. The molecule has 2 aromatic rings. The molecule has 0 bridgehead atoms. The van der Waals surface area contributed by atoms with E-state index in [1.807, 2.05) is 18.2 Å². The van der Waals surface area contributed by atoms with Gasteiger partial charge in [0.1, 0.15) is 0 Å². The van der Waals surface area contributed by atoms with E-state index in [4.69, 9.17) is 0 Å². The molecule has 0 spiro atoms. The van der Waals surface area contributed by atoms with Crippen LogP contribution in [0.4, 0.5) is 0 Å². The van der Waals surface area contributed by atoms with Crippen molar-refractivity contribution in [1.29, 1.82) is 0 Å². The van der Waals surface area contributed by atoms with Crippen LogP contribution in [-0.2, 0) is 14.8 Å². The zero-order valence-corrected chi connectivity index (χ0v) is 14.7. The standard InChI is InChI=1S/C18H14N2O3S2/c1-3-12(2)11-15-17(21)19-18(24-15)20-25(22,23)16-10-6-8-13-7-4-5-9-14(13)16/h3-11H,1-2H2,(H,19,20,21). The van der Waals surface area contributed by atoms with Crippen molar-refractivity contribution >= 4 is 43.6 Å². The van der Waals surface area contributed by atoms with Crippen molar-refractivity contribution in [2.24, 2.45) is 4.40 Å². The first kappa shape index (κ1) is 17.2. The van der Waals surface area contributed by atoms with Gasteiger partial charge in [0.05, 0.1) is 9.80 Å². The first-order chi connectivity index (χ1) is 11.9. The van der Waals surface area contributed by atoms with Gasteiger partial charge >= 0.3 is 0 Å². The van der Waals surface area contributed by atoms with E-state index in [-0.39, 0.29) is 10.1 Å². The third kappa shape index (κ3) is 3.57. The van der Waals surface area contributed by atoms with Crippen LogP contribution in [0, 0.1) is 0 Å². The minimum absolute atomic E-state index is 0.0149. The molecule has 1 heterocycles. The highest BCUT2D eigenvalue weighted by Crippen LogP contribution is 2.28. The van der Waals surface area contributed by atoms with Gasteiger partial charge in [0, 0.05) is 5.39 Å². The Kier molecular flexibility index (Phi) is 4.61. The lowest BCUT2D eigenvalue weighted by Gasteiger charge is -2.04. The van der Waals surface area contributed by atoms with Gasteiger partial charge in [0.15, 0.2) is 5.17 Å². The second-order valence-corrected chi connectivity index (χ2v) is 7.80. The van der Waals surface area contributed by atoms with E-state index in [0.717, 1.165) is 17.1 Å². The molecular weight excluding hydrogens is 356 g/mol. The first-order valence-electron chi connectivity index (χ1n) is 7.26. The molecule has 25 heavy (non-hydrogen) atoms. The lowest BCUT2D eigenvalue weighted by molar-refractivity contribution is -0.115. The summed E-state index contributed by atoms with van der Waals surface area (Å²) in [5.41, 5.74) is 0.552. The lowest BCUT2D eigenvalue weighted by Crippen LogP contribution is -2.21. The highest BCUT2D eigenvalue weighted by atomic mass is 32.2. The minimum atomic E-state index is -3.97. The number of hydrogen-bond donors (Lipinski definition) is 1. The number of thioether (sulfide) groups is 1. The van der Waals surface area contributed by atoms with Crippen molar-refractivity contribution in [3.63, 3.8) is 0 Å². The molecule has 0 atom stereocenters. The molecule has 1 saturated heterocycles. The van der Waals surface area contributed by atoms with Gasteiger partial charge in [-0.25, -0.2) is 0 Å². The Labute approximate surface area is 149 Å². The Bertz CT molecular complexity index is 1060. The number of carbonyl (C=O) groups is 1. The monoisotopic (exact) mass is 370 g/mol. The van der Waals surface area contributed by atoms with Crippen molar-refractivity contribution in [1.82, 2.24) is 5.32 Å².